The Labute approximate surface area is 183 Å². The topological polar surface area (TPSA) is 146 Å². The van der Waals surface area contributed by atoms with Crippen LogP contribution in [0.2, 0.25) is 10.0 Å². The van der Waals surface area contributed by atoms with Crippen LogP contribution < -0.4 is 10.5 Å². The summed E-state index contributed by atoms with van der Waals surface area (Å²) >= 11 is 13.6. The number of nitro benzene ring substituents is 1. The number of benzene rings is 2. The Bertz CT molecular complexity index is 1420. The fourth-order valence-corrected chi connectivity index (χ4v) is 4.42. The molecule has 0 spiro atoms. The van der Waals surface area contributed by atoms with E-state index in [9.17, 15) is 18.5 Å². The van der Waals surface area contributed by atoms with Gasteiger partial charge < -0.3 is 5.32 Å². The molecule has 4 rings (SSSR count). The number of anilines is 2. The van der Waals surface area contributed by atoms with E-state index in [0.717, 1.165) is 12.1 Å². The number of nitrogens with zero attached hydrogens (tertiary/aromatic N) is 4. The van der Waals surface area contributed by atoms with Crippen LogP contribution in [0.3, 0.4) is 0 Å². The highest BCUT2D eigenvalue weighted by atomic mass is 35.5. The van der Waals surface area contributed by atoms with Gasteiger partial charge in [-0.15, -0.1) is 16.4 Å². The molecule has 0 fully saturated rings. The van der Waals surface area contributed by atoms with Crippen LogP contribution in [0, 0.1) is 10.1 Å². The highest BCUT2D eigenvalue weighted by Gasteiger charge is 2.21. The van der Waals surface area contributed by atoms with Gasteiger partial charge in [0.2, 0.25) is 20.9 Å². The summed E-state index contributed by atoms with van der Waals surface area (Å²) in [4.78, 5) is 15.1. The average Bonchev–Trinajstić information content (AvgIpc) is 3.23. The number of aromatic nitrogens is 3. The van der Waals surface area contributed by atoms with Crippen molar-refractivity contribution in [3.63, 3.8) is 0 Å². The van der Waals surface area contributed by atoms with E-state index in [1.807, 2.05) is 0 Å². The number of thiazole rings is 1. The number of nitrogens with two attached hydrogens (primary N) is 1. The molecule has 0 amide bonds. The summed E-state index contributed by atoms with van der Waals surface area (Å²) in [6.07, 6.45) is 0. The van der Waals surface area contributed by atoms with Crippen LogP contribution in [0.4, 0.5) is 17.3 Å². The van der Waals surface area contributed by atoms with Crippen molar-refractivity contribution < 1.29 is 13.3 Å². The van der Waals surface area contributed by atoms with Gasteiger partial charge in [-0.2, -0.15) is 4.98 Å². The molecule has 3 N–H and O–H groups in total. The van der Waals surface area contributed by atoms with Crippen molar-refractivity contribution in [3.05, 3.63) is 61.9 Å². The Morgan fingerprint density at radius 1 is 1.20 bits per heavy atom. The second-order valence-electron chi connectivity index (χ2n) is 5.98. The Kier molecular flexibility index (Phi) is 5.11. The van der Waals surface area contributed by atoms with E-state index in [2.05, 4.69) is 15.4 Å². The first kappa shape index (κ1) is 20.5. The minimum Gasteiger partial charge on any atom is -0.317 e. The summed E-state index contributed by atoms with van der Waals surface area (Å²) in [6.45, 7) is 0. The molecule has 0 unspecified atom stereocenters. The highest BCUT2D eigenvalue weighted by Crippen LogP contribution is 2.34. The van der Waals surface area contributed by atoms with Crippen LogP contribution in [-0.2, 0) is 10.0 Å². The molecule has 0 aliphatic carbocycles. The predicted octanol–water partition coefficient (Wildman–Crippen LogP) is 4.06. The SMILES string of the molecule is NS(=O)(=O)c1ccc(Nc2nc3scc(-c4cc(Cl)ccc4Cl)n3n2)c([N+](=O)[O-])c1. The third-order valence-corrected chi connectivity index (χ3v) is 6.32. The second kappa shape index (κ2) is 7.49. The quantitative estimate of drug-likeness (QED) is 0.320. The predicted molar refractivity (Wildman–Crippen MR) is 114 cm³/mol. The molecule has 0 atom stereocenters. The summed E-state index contributed by atoms with van der Waals surface area (Å²) < 4.78 is 24.5. The van der Waals surface area contributed by atoms with Crippen molar-refractivity contribution >= 4 is 66.8 Å². The van der Waals surface area contributed by atoms with Crippen molar-refractivity contribution in [1.29, 1.82) is 0 Å². The average molecular weight is 485 g/mol. The maximum absolute atomic E-state index is 11.5. The van der Waals surface area contributed by atoms with Gasteiger partial charge in [-0.25, -0.2) is 18.1 Å². The number of fused-ring (bicyclic) bond motifs is 1. The molecule has 10 nitrogen and oxygen atoms in total. The van der Waals surface area contributed by atoms with Gasteiger partial charge in [0.15, 0.2) is 0 Å². The van der Waals surface area contributed by atoms with E-state index in [1.165, 1.54) is 21.9 Å². The van der Waals surface area contributed by atoms with E-state index in [1.54, 1.807) is 23.6 Å². The number of rotatable bonds is 5. The standard InChI is InChI=1S/C16H10Cl2N6O4S2/c17-8-1-3-11(18)10(5-8)14-7-29-16-21-15(22-23(14)16)20-12-4-2-9(30(19,27)28)6-13(12)24(25)26/h1-7H,(H,20,22)(H2,19,27,28). The van der Waals surface area contributed by atoms with Crippen molar-refractivity contribution in [2.45, 2.75) is 4.90 Å². The minimum absolute atomic E-state index is 0.00740. The molecule has 14 heteroatoms. The van der Waals surface area contributed by atoms with Gasteiger partial charge in [-0.3, -0.25) is 10.1 Å². The lowest BCUT2D eigenvalue weighted by atomic mass is 10.2. The van der Waals surface area contributed by atoms with E-state index in [0.29, 0.717) is 26.3 Å². The lowest BCUT2D eigenvalue weighted by molar-refractivity contribution is -0.384. The lowest BCUT2D eigenvalue weighted by Crippen LogP contribution is -2.12. The molecule has 2 heterocycles. The van der Waals surface area contributed by atoms with Gasteiger partial charge in [0.25, 0.3) is 5.69 Å². The van der Waals surface area contributed by atoms with E-state index in [-0.39, 0.29) is 16.5 Å². The van der Waals surface area contributed by atoms with Crippen molar-refractivity contribution in [3.8, 4) is 11.3 Å². The van der Waals surface area contributed by atoms with Crippen LogP contribution in [0.15, 0.2) is 46.7 Å². The zero-order chi connectivity index (χ0) is 21.6. The van der Waals surface area contributed by atoms with Gasteiger partial charge in [0.05, 0.1) is 20.5 Å². The molecule has 0 bridgehead atoms. The van der Waals surface area contributed by atoms with Crippen molar-refractivity contribution in [2.24, 2.45) is 5.14 Å². The molecule has 0 aliphatic rings. The number of halogens is 2. The van der Waals surface area contributed by atoms with E-state index < -0.39 is 20.6 Å². The number of hydrogen-bond acceptors (Lipinski definition) is 8. The van der Waals surface area contributed by atoms with Gasteiger partial charge in [0, 0.05) is 22.0 Å². The van der Waals surface area contributed by atoms with Gasteiger partial charge >= 0.3 is 0 Å². The molecular formula is C16H10Cl2N6O4S2. The summed E-state index contributed by atoms with van der Waals surface area (Å²) in [5.74, 6) is 0.0766. The molecule has 2 aromatic heterocycles. The fraction of sp³-hybridized carbons (Fsp3) is 0. The van der Waals surface area contributed by atoms with Crippen LogP contribution in [-0.4, -0.2) is 27.9 Å². The molecule has 0 saturated carbocycles. The van der Waals surface area contributed by atoms with Gasteiger partial charge in [0.1, 0.15) is 5.69 Å². The summed E-state index contributed by atoms with van der Waals surface area (Å²) in [5, 5.41) is 26.3. The van der Waals surface area contributed by atoms with E-state index >= 15 is 0 Å². The van der Waals surface area contributed by atoms with Crippen molar-refractivity contribution in [2.75, 3.05) is 5.32 Å². The molecule has 0 saturated heterocycles. The monoisotopic (exact) mass is 484 g/mol. The maximum Gasteiger partial charge on any atom is 0.294 e. The van der Waals surface area contributed by atoms with Crippen LogP contribution >= 0.6 is 34.5 Å². The first-order valence-electron chi connectivity index (χ1n) is 8.01. The fourth-order valence-electron chi connectivity index (χ4n) is 2.68. The van der Waals surface area contributed by atoms with Crippen LogP contribution in [0.5, 0.6) is 0 Å². The highest BCUT2D eigenvalue weighted by molar-refractivity contribution is 7.89. The number of primary sulfonamides is 1. The molecule has 154 valence electrons. The summed E-state index contributed by atoms with van der Waals surface area (Å²) in [6, 6.07) is 8.26. The van der Waals surface area contributed by atoms with Crippen LogP contribution in [0.25, 0.3) is 16.2 Å². The third kappa shape index (κ3) is 3.82. The Balaban J connectivity index is 1.75. The van der Waals surface area contributed by atoms with Crippen LogP contribution in [0.1, 0.15) is 0 Å². The zero-order valence-electron chi connectivity index (χ0n) is 14.6. The smallest absolute Gasteiger partial charge is 0.294 e. The number of nitrogens with one attached hydrogen (secondary N) is 1. The molecule has 2 aromatic carbocycles. The Morgan fingerprint density at radius 2 is 1.97 bits per heavy atom. The van der Waals surface area contributed by atoms with Crippen molar-refractivity contribution in [1.82, 2.24) is 14.6 Å². The second-order valence-corrected chi connectivity index (χ2v) is 9.22. The number of sulfonamides is 1. The maximum atomic E-state index is 11.5. The lowest BCUT2D eigenvalue weighted by Gasteiger charge is -2.05. The molecule has 0 aliphatic heterocycles. The first-order valence-corrected chi connectivity index (χ1v) is 11.2. The number of hydrogen-bond donors (Lipinski definition) is 2. The molecule has 4 aromatic rings. The third-order valence-electron chi connectivity index (χ3n) is 4.03. The molecule has 0 radical (unpaired) electrons. The Morgan fingerprint density at radius 3 is 2.67 bits per heavy atom. The Hall–Kier alpha value is -2.77. The molecular weight excluding hydrogens is 475 g/mol. The van der Waals surface area contributed by atoms with Gasteiger partial charge in [-0.1, -0.05) is 23.2 Å². The van der Waals surface area contributed by atoms with Gasteiger partial charge in [-0.05, 0) is 30.3 Å². The van der Waals surface area contributed by atoms with E-state index in [4.69, 9.17) is 28.3 Å². The number of nitro groups is 1. The summed E-state index contributed by atoms with van der Waals surface area (Å²) in [5.41, 5.74) is 0.809. The largest absolute Gasteiger partial charge is 0.317 e. The minimum atomic E-state index is -4.09. The summed E-state index contributed by atoms with van der Waals surface area (Å²) in [7, 11) is -4.09. The normalized spacial score (nSPS) is 11.7. The molecule has 30 heavy (non-hydrogen) atoms. The first-order chi connectivity index (χ1) is 14.1. The zero-order valence-corrected chi connectivity index (χ0v) is 17.8.